The lowest BCUT2D eigenvalue weighted by Gasteiger charge is -2.43. The Morgan fingerprint density at radius 1 is 1.06 bits per heavy atom. The van der Waals surface area contributed by atoms with Crippen LogP contribution in [0.3, 0.4) is 0 Å². The van der Waals surface area contributed by atoms with Crippen LogP contribution in [0.1, 0.15) is 51.5 Å². The summed E-state index contributed by atoms with van der Waals surface area (Å²) < 4.78 is 2.52. The van der Waals surface area contributed by atoms with E-state index in [1.807, 2.05) is 0 Å². The van der Waals surface area contributed by atoms with Gasteiger partial charge in [-0.2, -0.15) is 0 Å². The van der Waals surface area contributed by atoms with Gasteiger partial charge >= 0.3 is 0 Å². The lowest BCUT2D eigenvalue weighted by Crippen LogP contribution is -2.50. The summed E-state index contributed by atoms with van der Waals surface area (Å²) in [5.74, 6) is 0. The number of nitrogens with zero attached hydrogens (tertiary/aromatic N) is 1. The monoisotopic (exact) mass is 341 g/mol. The molecule has 0 spiro atoms. The van der Waals surface area contributed by atoms with Crippen LogP contribution in [-0.2, 0) is 5.41 Å². The van der Waals surface area contributed by atoms with Crippen molar-refractivity contribution in [2.24, 2.45) is 0 Å². The fourth-order valence-electron chi connectivity index (χ4n) is 3.79. The second-order valence-electron chi connectivity index (χ2n) is 5.96. The molecule has 2 unspecified atom stereocenters. The number of anilines is 1. The molecular weight excluding hydrogens is 321 g/mol. The Labute approximate surface area is 118 Å². The highest BCUT2D eigenvalue weighted by Gasteiger charge is 2.55. The minimum atomic E-state index is 0.299. The Bertz CT molecular complexity index is 444. The third-order valence-corrected chi connectivity index (χ3v) is 6.76. The molecule has 3 rings (SSSR count). The van der Waals surface area contributed by atoms with Crippen molar-refractivity contribution in [3.63, 3.8) is 0 Å². The third kappa shape index (κ3) is 1.42. The molecule has 17 heavy (non-hydrogen) atoms. The molecule has 0 aromatic heterocycles. The standard InChI is InChI=1S/C15H20IN/c1-14-10-6-3-7-11-15(14,2)17(16)13-9-5-4-8-12(13)14/h4-5,8-9H,3,6-7,10-11H2,1-2H3. The Morgan fingerprint density at radius 3 is 2.59 bits per heavy atom. The van der Waals surface area contributed by atoms with Crippen LogP contribution in [0.5, 0.6) is 0 Å². The van der Waals surface area contributed by atoms with Gasteiger partial charge < -0.3 is 3.11 Å². The zero-order chi connectivity index (χ0) is 12.1. The smallest absolute Gasteiger partial charge is 0.0597 e. The molecular formula is C15H20IN. The zero-order valence-corrected chi connectivity index (χ0v) is 12.8. The Kier molecular flexibility index (Phi) is 2.69. The Hall–Kier alpha value is -0.250. The molecule has 2 heteroatoms. The van der Waals surface area contributed by atoms with E-state index in [0.29, 0.717) is 11.0 Å². The lowest BCUT2D eigenvalue weighted by atomic mass is 9.67. The quantitative estimate of drug-likeness (QED) is 0.482. The van der Waals surface area contributed by atoms with Crippen LogP contribution >= 0.6 is 22.9 Å². The number of para-hydroxylation sites is 1. The molecule has 1 fully saturated rings. The molecule has 0 saturated heterocycles. The van der Waals surface area contributed by atoms with Gasteiger partial charge in [0.05, 0.1) is 34.1 Å². The van der Waals surface area contributed by atoms with E-state index in [1.165, 1.54) is 37.8 Å². The van der Waals surface area contributed by atoms with Crippen molar-refractivity contribution in [1.29, 1.82) is 0 Å². The van der Waals surface area contributed by atoms with Crippen LogP contribution in [0, 0.1) is 0 Å². The molecule has 1 nitrogen and oxygen atoms in total. The van der Waals surface area contributed by atoms with Crippen LogP contribution in [0.15, 0.2) is 24.3 Å². The highest BCUT2D eigenvalue weighted by atomic mass is 127. The molecule has 2 aliphatic rings. The SMILES string of the molecule is CC12CCCCCC1(C)N(I)c1ccccc12. The van der Waals surface area contributed by atoms with Crippen molar-refractivity contribution in [3.8, 4) is 0 Å². The average Bonchev–Trinajstić information content (AvgIpc) is 2.46. The first-order chi connectivity index (χ1) is 8.09. The van der Waals surface area contributed by atoms with Crippen LogP contribution in [0.2, 0.25) is 0 Å². The molecule has 0 bridgehead atoms. The van der Waals surface area contributed by atoms with Gasteiger partial charge in [-0.3, -0.25) is 0 Å². The molecule has 1 aromatic carbocycles. The molecule has 1 aliphatic carbocycles. The normalized spacial score (nSPS) is 36.3. The van der Waals surface area contributed by atoms with Gasteiger partial charge in [0, 0.05) is 5.41 Å². The fourth-order valence-corrected chi connectivity index (χ4v) is 4.98. The van der Waals surface area contributed by atoms with E-state index in [1.54, 1.807) is 5.56 Å². The van der Waals surface area contributed by atoms with Crippen LogP contribution in [0.25, 0.3) is 0 Å². The number of hydrogen-bond donors (Lipinski definition) is 0. The summed E-state index contributed by atoms with van der Waals surface area (Å²) in [6, 6.07) is 9.00. The van der Waals surface area contributed by atoms with Crippen molar-refractivity contribution in [2.75, 3.05) is 3.11 Å². The van der Waals surface area contributed by atoms with Gasteiger partial charge in [0.25, 0.3) is 0 Å². The van der Waals surface area contributed by atoms with Crippen LogP contribution < -0.4 is 3.11 Å². The maximum absolute atomic E-state index is 2.54. The van der Waals surface area contributed by atoms with E-state index < -0.39 is 0 Å². The summed E-state index contributed by atoms with van der Waals surface area (Å²) in [6.07, 6.45) is 6.81. The van der Waals surface area contributed by atoms with E-state index in [4.69, 9.17) is 0 Å². The Balaban J connectivity index is 2.20. The summed E-state index contributed by atoms with van der Waals surface area (Å²) in [7, 11) is 0. The summed E-state index contributed by atoms with van der Waals surface area (Å²) in [5.41, 5.74) is 3.65. The van der Waals surface area contributed by atoms with E-state index >= 15 is 0 Å². The fraction of sp³-hybridized carbons (Fsp3) is 0.600. The first-order valence-corrected chi connectivity index (χ1v) is 7.62. The van der Waals surface area contributed by atoms with Gasteiger partial charge in [-0.05, 0) is 31.4 Å². The summed E-state index contributed by atoms with van der Waals surface area (Å²) in [4.78, 5) is 0. The van der Waals surface area contributed by atoms with Crippen LogP contribution in [0.4, 0.5) is 5.69 Å². The van der Waals surface area contributed by atoms with Crippen molar-refractivity contribution in [1.82, 2.24) is 0 Å². The van der Waals surface area contributed by atoms with E-state index in [9.17, 15) is 0 Å². The minimum absolute atomic E-state index is 0.299. The maximum Gasteiger partial charge on any atom is 0.0597 e. The Morgan fingerprint density at radius 2 is 1.76 bits per heavy atom. The highest BCUT2D eigenvalue weighted by molar-refractivity contribution is 14.1. The van der Waals surface area contributed by atoms with Crippen molar-refractivity contribution < 1.29 is 0 Å². The summed E-state index contributed by atoms with van der Waals surface area (Å²) >= 11 is 2.54. The molecule has 1 saturated carbocycles. The molecule has 0 amide bonds. The molecule has 0 N–H and O–H groups in total. The van der Waals surface area contributed by atoms with Crippen molar-refractivity contribution >= 4 is 28.6 Å². The van der Waals surface area contributed by atoms with Gasteiger partial charge in [0.15, 0.2) is 0 Å². The molecule has 0 radical (unpaired) electrons. The van der Waals surface area contributed by atoms with E-state index in [-0.39, 0.29) is 0 Å². The second kappa shape index (κ2) is 3.87. The summed E-state index contributed by atoms with van der Waals surface area (Å²) in [5, 5.41) is 0. The lowest BCUT2D eigenvalue weighted by molar-refractivity contribution is 0.274. The van der Waals surface area contributed by atoms with E-state index in [0.717, 1.165) is 0 Å². The van der Waals surface area contributed by atoms with Crippen LogP contribution in [-0.4, -0.2) is 5.54 Å². The average molecular weight is 341 g/mol. The first kappa shape index (κ1) is 11.8. The predicted molar refractivity (Wildman–Crippen MR) is 81.8 cm³/mol. The predicted octanol–water partition coefficient (Wildman–Crippen LogP) is 4.84. The van der Waals surface area contributed by atoms with Gasteiger partial charge in [0.1, 0.15) is 0 Å². The first-order valence-electron chi connectivity index (χ1n) is 6.65. The molecule has 2 atom stereocenters. The molecule has 1 aliphatic heterocycles. The van der Waals surface area contributed by atoms with Gasteiger partial charge in [0.2, 0.25) is 0 Å². The topological polar surface area (TPSA) is 3.24 Å². The molecule has 1 aromatic rings. The number of hydrogen-bond acceptors (Lipinski definition) is 1. The van der Waals surface area contributed by atoms with Gasteiger partial charge in [-0.1, -0.05) is 44.4 Å². The molecule has 92 valence electrons. The molecule has 1 heterocycles. The maximum atomic E-state index is 2.54. The zero-order valence-electron chi connectivity index (χ0n) is 10.7. The van der Waals surface area contributed by atoms with Gasteiger partial charge in [-0.25, -0.2) is 0 Å². The van der Waals surface area contributed by atoms with E-state index in [2.05, 4.69) is 64.1 Å². The van der Waals surface area contributed by atoms with Crippen molar-refractivity contribution in [3.05, 3.63) is 29.8 Å². The second-order valence-corrected chi connectivity index (χ2v) is 6.93. The number of benzene rings is 1. The largest absolute Gasteiger partial charge is 0.308 e. The highest BCUT2D eigenvalue weighted by Crippen LogP contribution is 2.58. The third-order valence-electron chi connectivity index (χ3n) is 5.17. The minimum Gasteiger partial charge on any atom is -0.308 e. The van der Waals surface area contributed by atoms with Crippen molar-refractivity contribution in [2.45, 2.75) is 56.9 Å². The number of halogens is 1. The van der Waals surface area contributed by atoms with Gasteiger partial charge in [-0.15, -0.1) is 0 Å². The number of fused-ring (bicyclic) bond motifs is 3. The summed E-state index contributed by atoms with van der Waals surface area (Å²) in [6.45, 7) is 4.95. The number of rotatable bonds is 0.